The van der Waals surface area contributed by atoms with Crippen LogP contribution in [0, 0.1) is 5.92 Å². The van der Waals surface area contributed by atoms with Gasteiger partial charge in [-0.15, -0.1) is 11.3 Å². The van der Waals surface area contributed by atoms with Crippen molar-refractivity contribution in [2.75, 3.05) is 11.9 Å². The fourth-order valence-electron chi connectivity index (χ4n) is 4.12. The van der Waals surface area contributed by atoms with E-state index in [1.54, 1.807) is 0 Å². The summed E-state index contributed by atoms with van der Waals surface area (Å²) in [7, 11) is 0. The molecule has 142 valence electrons. The first-order valence-electron chi connectivity index (χ1n) is 9.94. The largest absolute Gasteiger partial charge is 0.334 e. The lowest BCUT2D eigenvalue weighted by Gasteiger charge is -2.31. The first-order chi connectivity index (χ1) is 13.2. The molecule has 1 saturated carbocycles. The molecule has 27 heavy (non-hydrogen) atoms. The molecule has 2 aromatic rings. The van der Waals surface area contributed by atoms with Crippen molar-refractivity contribution in [3.63, 3.8) is 0 Å². The normalized spacial score (nSPS) is 20.5. The van der Waals surface area contributed by atoms with E-state index in [-0.39, 0.29) is 23.8 Å². The van der Waals surface area contributed by atoms with Gasteiger partial charge < -0.3 is 10.2 Å². The van der Waals surface area contributed by atoms with Gasteiger partial charge in [0, 0.05) is 24.4 Å². The number of thiophene rings is 1. The zero-order chi connectivity index (χ0) is 18.8. The summed E-state index contributed by atoms with van der Waals surface area (Å²) in [6, 6.07) is 14.5. The summed E-state index contributed by atoms with van der Waals surface area (Å²) in [6.07, 6.45) is 5.09. The molecule has 2 aliphatic rings. The third kappa shape index (κ3) is 3.93. The Labute approximate surface area is 164 Å². The quantitative estimate of drug-likeness (QED) is 0.773. The van der Waals surface area contributed by atoms with Crippen molar-refractivity contribution in [2.24, 2.45) is 5.92 Å². The fraction of sp³-hybridized carbons (Fsp3) is 0.455. The highest BCUT2D eigenvalue weighted by atomic mass is 32.1. The molecule has 0 unspecified atom stereocenters. The molecule has 2 atom stereocenters. The Hall–Kier alpha value is -2.14. The molecule has 2 heterocycles. The van der Waals surface area contributed by atoms with Gasteiger partial charge in [0.25, 0.3) is 5.91 Å². The number of carbonyl (C=O) groups excluding carboxylic acids is 2. The van der Waals surface area contributed by atoms with Crippen molar-refractivity contribution in [1.29, 1.82) is 0 Å². The van der Waals surface area contributed by atoms with E-state index in [1.807, 2.05) is 18.2 Å². The third-order valence-electron chi connectivity index (χ3n) is 5.70. The molecule has 0 spiro atoms. The van der Waals surface area contributed by atoms with Crippen LogP contribution in [0.5, 0.6) is 0 Å². The Morgan fingerprint density at radius 2 is 1.93 bits per heavy atom. The van der Waals surface area contributed by atoms with E-state index in [0.29, 0.717) is 5.92 Å². The highest BCUT2D eigenvalue weighted by Gasteiger charge is 2.36. The molecular formula is C22H26N2O2S. The smallest absolute Gasteiger partial charge is 0.264 e. The Bertz CT molecular complexity index is 813. The molecular weight excluding hydrogens is 356 g/mol. The molecule has 1 N–H and O–H groups in total. The molecule has 2 fully saturated rings. The van der Waals surface area contributed by atoms with E-state index >= 15 is 0 Å². The predicted octanol–water partition coefficient (Wildman–Crippen LogP) is 4.90. The lowest BCUT2D eigenvalue weighted by Crippen LogP contribution is -2.38. The second-order valence-electron chi connectivity index (χ2n) is 7.56. The number of carbonyl (C=O) groups is 2. The Morgan fingerprint density at radius 3 is 2.63 bits per heavy atom. The fourth-order valence-corrected chi connectivity index (χ4v) is 4.99. The Morgan fingerprint density at radius 1 is 1.15 bits per heavy atom. The minimum atomic E-state index is 0.0880. The monoisotopic (exact) mass is 382 g/mol. The van der Waals surface area contributed by atoms with E-state index < -0.39 is 0 Å². The van der Waals surface area contributed by atoms with E-state index in [4.69, 9.17) is 0 Å². The van der Waals surface area contributed by atoms with Crippen LogP contribution in [0.2, 0.25) is 0 Å². The summed E-state index contributed by atoms with van der Waals surface area (Å²) in [5.74, 6) is 0.728. The topological polar surface area (TPSA) is 49.4 Å². The van der Waals surface area contributed by atoms with Gasteiger partial charge in [0.2, 0.25) is 5.91 Å². The summed E-state index contributed by atoms with van der Waals surface area (Å²) < 4.78 is 0. The van der Waals surface area contributed by atoms with Crippen LogP contribution in [0.25, 0.3) is 0 Å². The van der Waals surface area contributed by atoms with Crippen LogP contribution in [-0.2, 0) is 4.79 Å². The molecule has 1 aromatic carbocycles. The summed E-state index contributed by atoms with van der Waals surface area (Å²) in [4.78, 5) is 27.9. The standard InChI is InChI=1S/C22H26N2O2S/c1-2-17(15-7-4-3-5-8-15)18-9-6-14-24(18)22(26)19-12-13-20(27-19)23-21(25)16-10-11-16/h3-5,7-8,12-13,16-18H,2,6,9-11,14H2,1H3,(H,23,25)/t17-,18-/m1/s1. The van der Waals surface area contributed by atoms with Crippen LogP contribution in [-0.4, -0.2) is 29.3 Å². The molecule has 0 bridgehead atoms. The average molecular weight is 383 g/mol. The maximum absolute atomic E-state index is 13.2. The molecule has 1 aliphatic carbocycles. The number of rotatable bonds is 6. The van der Waals surface area contributed by atoms with Crippen molar-refractivity contribution in [3.8, 4) is 0 Å². The van der Waals surface area contributed by atoms with Crippen molar-refractivity contribution in [3.05, 3.63) is 52.9 Å². The lowest BCUT2D eigenvalue weighted by atomic mass is 9.87. The van der Waals surface area contributed by atoms with Gasteiger partial charge in [0.15, 0.2) is 0 Å². The molecule has 5 heteroatoms. The number of benzene rings is 1. The molecule has 0 radical (unpaired) electrons. The van der Waals surface area contributed by atoms with Crippen LogP contribution in [0.4, 0.5) is 5.00 Å². The van der Waals surface area contributed by atoms with Gasteiger partial charge in [-0.2, -0.15) is 0 Å². The number of likely N-dealkylation sites (tertiary alicyclic amines) is 1. The van der Waals surface area contributed by atoms with Crippen LogP contribution < -0.4 is 5.32 Å². The predicted molar refractivity (Wildman–Crippen MR) is 109 cm³/mol. The summed E-state index contributed by atoms with van der Waals surface area (Å²) in [5, 5.41) is 3.73. The maximum Gasteiger partial charge on any atom is 0.264 e. The summed E-state index contributed by atoms with van der Waals surface area (Å²) in [5.41, 5.74) is 1.31. The van der Waals surface area contributed by atoms with Crippen molar-refractivity contribution < 1.29 is 9.59 Å². The second kappa shape index (κ2) is 7.85. The van der Waals surface area contributed by atoms with Crippen molar-refractivity contribution in [2.45, 2.75) is 51.0 Å². The molecule has 1 aliphatic heterocycles. The van der Waals surface area contributed by atoms with Crippen LogP contribution in [0.3, 0.4) is 0 Å². The molecule has 4 nitrogen and oxygen atoms in total. The van der Waals surface area contributed by atoms with E-state index in [0.717, 1.165) is 48.5 Å². The van der Waals surface area contributed by atoms with Crippen LogP contribution >= 0.6 is 11.3 Å². The van der Waals surface area contributed by atoms with Gasteiger partial charge in [0.1, 0.15) is 0 Å². The second-order valence-corrected chi connectivity index (χ2v) is 8.64. The molecule has 4 rings (SSSR count). The van der Waals surface area contributed by atoms with Gasteiger partial charge in [0.05, 0.1) is 9.88 Å². The van der Waals surface area contributed by atoms with Gasteiger partial charge in [-0.1, -0.05) is 37.3 Å². The number of amides is 2. The molecule has 1 aromatic heterocycles. The first-order valence-corrected chi connectivity index (χ1v) is 10.8. The molecule has 1 saturated heterocycles. The Balaban J connectivity index is 1.49. The van der Waals surface area contributed by atoms with Crippen molar-refractivity contribution >= 4 is 28.2 Å². The minimum absolute atomic E-state index is 0.0880. The van der Waals surface area contributed by atoms with Gasteiger partial charge in [-0.25, -0.2) is 0 Å². The summed E-state index contributed by atoms with van der Waals surface area (Å²) in [6.45, 7) is 3.02. The van der Waals surface area contributed by atoms with Crippen molar-refractivity contribution in [1.82, 2.24) is 4.90 Å². The van der Waals surface area contributed by atoms with Crippen LogP contribution in [0.15, 0.2) is 42.5 Å². The summed E-state index contributed by atoms with van der Waals surface area (Å²) >= 11 is 1.40. The van der Waals surface area contributed by atoms with Gasteiger partial charge in [-0.3, -0.25) is 9.59 Å². The number of nitrogens with one attached hydrogen (secondary N) is 1. The highest BCUT2D eigenvalue weighted by Crippen LogP contribution is 2.36. The maximum atomic E-state index is 13.2. The Kier molecular flexibility index (Phi) is 5.30. The number of anilines is 1. The SMILES string of the molecule is CC[C@H](c1ccccc1)[C@H]1CCCN1C(=O)c1ccc(NC(=O)C2CC2)s1. The minimum Gasteiger partial charge on any atom is -0.334 e. The average Bonchev–Trinajstić information content (AvgIpc) is 3.26. The van der Waals surface area contributed by atoms with Gasteiger partial charge in [-0.05, 0) is 49.8 Å². The number of nitrogens with zero attached hydrogens (tertiary/aromatic N) is 1. The van der Waals surface area contributed by atoms with E-state index in [9.17, 15) is 9.59 Å². The number of hydrogen-bond acceptors (Lipinski definition) is 3. The highest BCUT2D eigenvalue weighted by molar-refractivity contribution is 7.18. The van der Waals surface area contributed by atoms with E-state index in [1.165, 1.54) is 16.9 Å². The zero-order valence-corrected chi connectivity index (χ0v) is 16.5. The first kappa shape index (κ1) is 18.2. The number of hydrogen-bond donors (Lipinski definition) is 1. The zero-order valence-electron chi connectivity index (χ0n) is 15.7. The van der Waals surface area contributed by atoms with E-state index in [2.05, 4.69) is 41.4 Å². The molecule has 2 amide bonds. The third-order valence-corrected chi connectivity index (χ3v) is 6.69. The lowest BCUT2D eigenvalue weighted by molar-refractivity contribution is -0.117. The van der Waals surface area contributed by atoms with Gasteiger partial charge >= 0.3 is 0 Å². The van der Waals surface area contributed by atoms with Crippen LogP contribution in [0.1, 0.15) is 60.2 Å².